The van der Waals surface area contributed by atoms with Crippen LogP contribution >= 0.6 is 0 Å². The number of hydrogen-bond acceptors (Lipinski definition) is 7. The fraction of sp³-hybridized carbons (Fsp3) is 0.690. The first kappa shape index (κ1) is 45.9. The van der Waals surface area contributed by atoms with Gasteiger partial charge in [0.2, 0.25) is 41.4 Å². The summed E-state index contributed by atoms with van der Waals surface area (Å²) in [6.07, 6.45) is 2.06. The highest BCUT2D eigenvalue weighted by molar-refractivity contribution is 5.96. The Kier molecular flexibility index (Phi) is 16.9. The highest BCUT2D eigenvalue weighted by Gasteiger charge is 2.44. The number of likely N-dealkylation sites (tertiary alicyclic amines) is 2. The van der Waals surface area contributed by atoms with Crippen molar-refractivity contribution in [1.29, 1.82) is 0 Å². The molecule has 0 N–H and O–H groups in total. The number of amides is 7. The average Bonchev–Trinajstić information content (AvgIpc) is 3.81. The van der Waals surface area contributed by atoms with Crippen molar-refractivity contribution in [2.75, 3.05) is 39.3 Å². The Morgan fingerprint density at radius 1 is 0.589 bits per heavy atom. The van der Waals surface area contributed by atoms with Crippen LogP contribution in [0.15, 0.2) is 30.3 Å². The standard InChI is InChI=1S/C42H67N7O7/c1-28(2)46(37(51)24-43(33(11)50)23-34-17-13-12-14-18-34)25-38(52)44-21-15-19-35(44)41(55)45-22-16-20-36(45)42(56)48(30(5)6)26-39(53)47(29(3)4)27-40(54)49(31(7)8)32(9)10/h12-14,17-18,28-32,35-36H,15-16,19-27H2,1-11H3. The first-order chi connectivity index (χ1) is 26.3. The Balaban J connectivity index is 1.73. The smallest absolute Gasteiger partial charge is 0.246 e. The molecule has 2 saturated heterocycles. The topological polar surface area (TPSA) is 142 Å². The van der Waals surface area contributed by atoms with E-state index < -0.39 is 12.1 Å². The third-order valence-electron chi connectivity index (χ3n) is 10.8. The van der Waals surface area contributed by atoms with Gasteiger partial charge in [-0.05, 0) is 100 Å². The summed E-state index contributed by atoms with van der Waals surface area (Å²) in [4.78, 5) is 106. The van der Waals surface area contributed by atoms with E-state index in [2.05, 4.69) is 0 Å². The first-order valence-corrected chi connectivity index (χ1v) is 20.4. The van der Waals surface area contributed by atoms with Crippen molar-refractivity contribution in [3.8, 4) is 0 Å². The number of nitrogens with zero attached hydrogens (tertiary/aromatic N) is 7. The van der Waals surface area contributed by atoms with Gasteiger partial charge in [0.25, 0.3) is 0 Å². The van der Waals surface area contributed by atoms with Gasteiger partial charge in [-0.1, -0.05) is 30.3 Å². The van der Waals surface area contributed by atoms with Crippen molar-refractivity contribution in [3.05, 3.63) is 35.9 Å². The quantitative estimate of drug-likeness (QED) is 0.236. The van der Waals surface area contributed by atoms with E-state index in [4.69, 9.17) is 0 Å². The van der Waals surface area contributed by atoms with Crippen LogP contribution in [0.3, 0.4) is 0 Å². The summed E-state index contributed by atoms with van der Waals surface area (Å²) >= 11 is 0. The fourth-order valence-corrected chi connectivity index (χ4v) is 7.83. The third-order valence-corrected chi connectivity index (χ3v) is 10.8. The van der Waals surface area contributed by atoms with Crippen LogP contribution in [0.4, 0.5) is 0 Å². The Hall–Kier alpha value is -4.49. The molecule has 312 valence electrons. The fourth-order valence-electron chi connectivity index (χ4n) is 7.83. The number of carbonyl (C=O) groups excluding carboxylic acids is 7. The molecule has 0 spiro atoms. The molecule has 0 saturated carbocycles. The average molecular weight is 782 g/mol. The number of rotatable bonds is 17. The van der Waals surface area contributed by atoms with E-state index in [0.717, 1.165) is 5.56 Å². The molecule has 14 heteroatoms. The molecule has 2 aliphatic heterocycles. The zero-order valence-corrected chi connectivity index (χ0v) is 35.7. The van der Waals surface area contributed by atoms with Gasteiger partial charge in [-0.25, -0.2) is 0 Å². The van der Waals surface area contributed by atoms with Crippen LogP contribution in [0, 0.1) is 0 Å². The minimum atomic E-state index is -0.794. The molecular weight excluding hydrogens is 715 g/mol. The molecule has 1 aromatic rings. The molecule has 0 aliphatic carbocycles. The zero-order chi connectivity index (χ0) is 42.0. The van der Waals surface area contributed by atoms with Gasteiger partial charge < -0.3 is 34.3 Å². The van der Waals surface area contributed by atoms with E-state index in [-0.39, 0.29) is 104 Å². The van der Waals surface area contributed by atoms with Gasteiger partial charge in [0.15, 0.2) is 0 Å². The van der Waals surface area contributed by atoms with Crippen LogP contribution in [-0.2, 0) is 40.1 Å². The van der Waals surface area contributed by atoms with Crippen LogP contribution in [0.2, 0.25) is 0 Å². The summed E-state index contributed by atoms with van der Waals surface area (Å²) in [5.41, 5.74) is 0.882. The van der Waals surface area contributed by atoms with Crippen molar-refractivity contribution < 1.29 is 33.6 Å². The molecule has 2 heterocycles. The summed E-state index contributed by atoms with van der Waals surface area (Å²) in [5.74, 6) is -2.15. The molecule has 0 radical (unpaired) electrons. The normalized spacial score (nSPS) is 16.9. The Morgan fingerprint density at radius 3 is 1.59 bits per heavy atom. The molecule has 2 unspecified atom stereocenters. The van der Waals surface area contributed by atoms with Crippen molar-refractivity contribution in [1.82, 2.24) is 34.3 Å². The van der Waals surface area contributed by atoms with Gasteiger partial charge in [0.1, 0.15) is 38.3 Å². The third kappa shape index (κ3) is 11.8. The number of carbonyl (C=O) groups is 7. The molecule has 7 amide bonds. The second kappa shape index (κ2) is 20.6. The monoisotopic (exact) mass is 782 g/mol. The summed E-state index contributed by atoms with van der Waals surface area (Å²) in [7, 11) is 0. The van der Waals surface area contributed by atoms with Crippen molar-refractivity contribution >= 4 is 41.4 Å². The minimum Gasteiger partial charge on any atom is -0.336 e. The van der Waals surface area contributed by atoms with E-state index in [1.54, 1.807) is 9.80 Å². The molecular formula is C42H67N7O7. The Bertz CT molecular complexity index is 1540. The largest absolute Gasteiger partial charge is 0.336 e. The molecule has 0 bridgehead atoms. The molecule has 1 aromatic carbocycles. The molecule has 56 heavy (non-hydrogen) atoms. The van der Waals surface area contributed by atoms with Gasteiger partial charge in [-0.15, -0.1) is 0 Å². The van der Waals surface area contributed by atoms with Gasteiger partial charge in [0.05, 0.1) is 0 Å². The lowest BCUT2D eigenvalue weighted by molar-refractivity contribution is -0.153. The molecule has 2 aliphatic rings. The summed E-state index contributed by atoms with van der Waals surface area (Å²) in [6.45, 7) is 20.3. The summed E-state index contributed by atoms with van der Waals surface area (Å²) in [6, 6.07) is 6.74. The van der Waals surface area contributed by atoms with Crippen LogP contribution < -0.4 is 0 Å². The summed E-state index contributed by atoms with van der Waals surface area (Å²) in [5, 5.41) is 0. The lowest BCUT2D eigenvalue weighted by Gasteiger charge is -2.37. The van der Waals surface area contributed by atoms with E-state index in [0.29, 0.717) is 38.8 Å². The van der Waals surface area contributed by atoms with Gasteiger partial charge >= 0.3 is 0 Å². The number of benzene rings is 1. The molecule has 0 aromatic heterocycles. The molecule has 14 nitrogen and oxygen atoms in total. The predicted molar refractivity (Wildman–Crippen MR) is 215 cm³/mol. The second-order valence-electron chi connectivity index (χ2n) is 16.6. The molecule has 3 rings (SSSR count). The number of hydrogen-bond donors (Lipinski definition) is 0. The van der Waals surface area contributed by atoms with Crippen molar-refractivity contribution in [2.45, 2.75) is 151 Å². The van der Waals surface area contributed by atoms with Crippen LogP contribution in [0.25, 0.3) is 0 Å². The minimum absolute atomic E-state index is 0.0390. The Morgan fingerprint density at radius 2 is 1.07 bits per heavy atom. The van der Waals surface area contributed by atoms with Crippen LogP contribution in [0.1, 0.15) is 107 Å². The van der Waals surface area contributed by atoms with Crippen molar-refractivity contribution in [3.63, 3.8) is 0 Å². The van der Waals surface area contributed by atoms with Gasteiger partial charge in [-0.3, -0.25) is 33.6 Å². The maximum atomic E-state index is 14.3. The highest BCUT2D eigenvalue weighted by atomic mass is 16.2. The maximum Gasteiger partial charge on any atom is 0.246 e. The second-order valence-corrected chi connectivity index (χ2v) is 16.6. The van der Waals surface area contributed by atoms with Crippen LogP contribution in [0.5, 0.6) is 0 Å². The zero-order valence-electron chi connectivity index (χ0n) is 35.7. The first-order valence-electron chi connectivity index (χ1n) is 20.4. The van der Waals surface area contributed by atoms with E-state index in [9.17, 15) is 33.6 Å². The van der Waals surface area contributed by atoms with E-state index >= 15 is 0 Å². The lowest BCUT2D eigenvalue weighted by Crippen LogP contribution is -2.57. The van der Waals surface area contributed by atoms with E-state index in [1.165, 1.54) is 31.4 Å². The highest BCUT2D eigenvalue weighted by Crippen LogP contribution is 2.27. The van der Waals surface area contributed by atoms with Crippen LogP contribution in [-0.4, -0.2) is 157 Å². The van der Waals surface area contributed by atoms with Crippen molar-refractivity contribution in [2.24, 2.45) is 0 Å². The van der Waals surface area contributed by atoms with Gasteiger partial charge in [-0.2, -0.15) is 0 Å². The lowest BCUT2D eigenvalue weighted by atomic mass is 10.1. The SMILES string of the molecule is CC(=O)N(CC(=O)N(CC(=O)N1CCCC1C(=O)N1CCCC1C(=O)N(CC(=O)N(CC(=O)N(C(C)C)C(C)C)C(C)C)C(C)C)C(C)C)Cc1ccccc1. The Labute approximate surface area is 334 Å². The molecule has 2 atom stereocenters. The van der Waals surface area contributed by atoms with E-state index in [1.807, 2.05) is 99.6 Å². The molecule has 2 fully saturated rings. The predicted octanol–water partition coefficient (Wildman–Crippen LogP) is 3.37. The summed E-state index contributed by atoms with van der Waals surface area (Å²) < 4.78 is 0. The maximum absolute atomic E-state index is 14.3. The van der Waals surface area contributed by atoms with Gasteiger partial charge in [0, 0.05) is 56.8 Å².